The number of rotatable bonds is 4. The van der Waals surface area contributed by atoms with Crippen molar-refractivity contribution in [3.05, 3.63) is 77.5 Å². The van der Waals surface area contributed by atoms with Gasteiger partial charge in [0.05, 0.1) is 16.8 Å². The van der Waals surface area contributed by atoms with Gasteiger partial charge in [0.2, 0.25) is 0 Å². The van der Waals surface area contributed by atoms with E-state index in [1.807, 2.05) is 31.2 Å². The van der Waals surface area contributed by atoms with E-state index in [4.69, 9.17) is 0 Å². The topological polar surface area (TPSA) is 62.3 Å². The molecule has 0 amide bonds. The summed E-state index contributed by atoms with van der Waals surface area (Å²) in [6.07, 6.45) is 2.71. The van der Waals surface area contributed by atoms with Crippen LogP contribution in [0.2, 0.25) is 0 Å². The lowest BCUT2D eigenvalue weighted by Crippen LogP contribution is -2.24. The van der Waals surface area contributed by atoms with Gasteiger partial charge >= 0.3 is 0 Å². The SMILES string of the molecule is Cc1ccc(C)c(S(=O)(=O)Nc2ccc(N3c4ccccc4CC3C)cn2)c1. The third kappa shape index (κ3) is 3.36. The molecule has 1 aliphatic heterocycles. The molecule has 0 saturated carbocycles. The molecule has 0 fully saturated rings. The van der Waals surface area contributed by atoms with Crippen LogP contribution in [0.5, 0.6) is 0 Å². The third-order valence-electron chi connectivity index (χ3n) is 5.11. The van der Waals surface area contributed by atoms with Gasteiger partial charge in [-0.15, -0.1) is 0 Å². The number of nitrogens with zero attached hydrogens (tertiary/aromatic N) is 2. The highest BCUT2D eigenvalue weighted by atomic mass is 32.2. The summed E-state index contributed by atoms with van der Waals surface area (Å²) in [5.74, 6) is 0.310. The maximum absolute atomic E-state index is 12.8. The molecule has 0 radical (unpaired) electrons. The zero-order valence-electron chi connectivity index (χ0n) is 16.2. The quantitative estimate of drug-likeness (QED) is 0.705. The number of pyridine rings is 1. The summed E-state index contributed by atoms with van der Waals surface area (Å²) in [4.78, 5) is 6.88. The van der Waals surface area contributed by atoms with E-state index < -0.39 is 10.0 Å². The molecule has 28 heavy (non-hydrogen) atoms. The summed E-state index contributed by atoms with van der Waals surface area (Å²) >= 11 is 0. The van der Waals surface area contributed by atoms with Gasteiger partial charge in [-0.05, 0) is 68.1 Å². The average molecular weight is 394 g/mol. The van der Waals surface area contributed by atoms with Crippen molar-refractivity contribution in [3.8, 4) is 0 Å². The van der Waals surface area contributed by atoms with Crippen LogP contribution >= 0.6 is 0 Å². The van der Waals surface area contributed by atoms with E-state index in [0.29, 0.717) is 17.4 Å². The van der Waals surface area contributed by atoms with E-state index >= 15 is 0 Å². The Morgan fingerprint density at radius 2 is 1.86 bits per heavy atom. The monoisotopic (exact) mass is 393 g/mol. The number of benzene rings is 2. The zero-order chi connectivity index (χ0) is 19.9. The molecule has 144 valence electrons. The zero-order valence-corrected chi connectivity index (χ0v) is 17.0. The predicted molar refractivity (Wildman–Crippen MR) is 113 cm³/mol. The van der Waals surface area contributed by atoms with Crippen molar-refractivity contribution in [2.45, 2.75) is 38.1 Å². The molecular formula is C22H23N3O2S. The van der Waals surface area contributed by atoms with Gasteiger partial charge in [0.1, 0.15) is 5.82 Å². The molecule has 1 N–H and O–H groups in total. The Morgan fingerprint density at radius 1 is 1.07 bits per heavy atom. The van der Waals surface area contributed by atoms with Crippen LogP contribution in [0.15, 0.2) is 65.7 Å². The molecule has 0 spiro atoms. The Balaban J connectivity index is 1.60. The van der Waals surface area contributed by atoms with E-state index in [0.717, 1.165) is 17.7 Å². The lowest BCUT2D eigenvalue weighted by Gasteiger charge is -2.24. The van der Waals surface area contributed by atoms with Crippen molar-refractivity contribution in [2.75, 3.05) is 9.62 Å². The summed E-state index contributed by atoms with van der Waals surface area (Å²) in [5, 5.41) is 0. The minimum Gasteiger partial charge on any atom is -0.337 e. The summed E-state index contributed by atoms with van der Waals surface area (Å²) < 4.78 is 28.1. The second kappa shape index (κ2) is 6.95. The molecule has 1 aromatic heterocycles. The van der Waals surface area contributed by atoms with Gasteiger partial charge < -0.3 is 4.90 Å². The van der Waals surface area contributed by atoms with Crippen LogP contribution in [0.4, 0.5) is 17.2 Å². The van der Waals surface area contributed by atoms with Crippen LogP contribution < -0.4 is 9.62 Å². The predicted octanol–water partition coefficient (Wildman–Crippen LogP) is 4.58. The van der Waals surface area contributed by atoms with Crippen LogP contribution in [0, 0.1) is 13.8 Å². The Bertz CT molecular complexity index is 1120. The van der Waals surface area contributed by atoms with Crippen LogP contribution in [0.3, 0.4) is 0 Å². The first-order valence-corrected chi connectivity index (χ1v) is 10.8. The maximum Gasteiger partial charge on any atom is 0.263 e. The van der Waals surface area contributed by atoms with E-state index in [-0.39, 0.29) is 4.90 Å². The normalized spacial score (nSPS) is 16.1. The van der Waals surface area contributed by atoms with Crippen molar-refractivity contribution < 1.29 is 8.42 Å². The fourth-order valence-corrected chi connectivity index (χ4v) is 5.08. The minimum atomic E-state index is -3.68. The number of para-hydroxylation sites is 1. The van der Waals surface area contributed by atoms with Gasteiger partial charge in [0.25, 0.3) is 10.0 Å². The second-order valence-corrected chi connectivity index (χ2v) is 8.98. The summed E-state index contributed by atoms with van der Waals surface area (Å²) in [6.45, 7) is 5.84. The van der Waals surface area contributed by atoms with Crippen LogP contribution in [-0.4, -0.2) is 19.4 Å². The van der Waals surface area contributed by atoms with Crippen LogP contribution in [0.1, 0.15) is 23.6 Å². The molecule has 5 nitrogen and oxygen atoms in total. The molecule has 1 aliphatic rings. The molecule has 0 saturated heterocycles. The number of hydrogen-bond acceptors (Lipinski definition) is 4. The first-order valence-electron chi connectivity index (χ1n) is 9.28. The molecule has 4 rings (SSSR count). The number of anilines is 3. The lowest BCUT2D eigenvalue weighted by atomic mass is 10.1. The number of sulfonamides is 1. The summed E-state index contributed by atoms with van der Waals surface area (Å²) in [6, 6.07) is 17.7. The van der Waals surface area contributed by atoms with Gasteiger partial charge in [-0.1, -0.05) is 30.3 Å². The smallest absolute Gasteiger partial charge is 0.263 e. The standard InChI is InChI=1S/C22H23N3O2S/c1-15-8-9-16(2)21(12-15)28(26,27)24-22-11-10-19(14-23-22)25-17(3)13-18-6-4-5-7-20(18)25/h4-12,14,17H,13H2,1-3H3,(H,23,24). The third-order valence-corrected chi connectivity index (χ3v) is 6.60. The van der Waals surface area contributed by atoms with Gasteiger partial charge in [-0.25, -0.2) is 13.4 Å². The highest BCUT2D eigenvalue weighted by Gasteiger charge is 2.27. The fourth-order valence-electron chi connectivity index (χ4n) is 3.74. The maximum atomic E-state index is 12.8. The van der Waals surface area contributed by atoms with Crippen LogP contribution in [0.25, 0.3) is 0 Å². The van der Waals surface area contributed by atoms with Crippen molar-refractivity contribution in [1.29, 1.82) is 0 Å². The van der Waals surface area contributed by atoms with Gasteiger partial charge in [0.15, 0.2) is 0 Å². The Labute approximate surface area is 166 Å². The number of hydrogen-bond donors (Lipinski definition) is 1. The molecule has 3 aromatic rings. The molecule has 6 heteroatoms. The van der Waals surface area contributed by atoms with Crippen molar-refractivity contribution in [2.24, 2.45) is 0 Å². The molecule has 2 heterocycles. The van der Waals surface area contributed by atoms with E-state index in [1.54, 1.807) is 25.3 Å². The highest BCUT2D eigenvalue weighted by molar-refractivity contribution is 7.92. The highest BCUT2D eigenvalue weighted by Crippen LogP contribution is 2.38. The van der Waals surface area contributed by atoms with Gasteiger partial charge in [-0.2, -0.15) is 0 Å². The van der Waals surface area contributed by atoms with E-state index in [9.17, 15) is 8.42 Å². The molecule has 0 bridgehead atoms. The van der Waals surface area contributed by atoms with Gasteiger partial charge in [-0.3, -0.25) is 4.72 Å². The van der Waals surface area contributed by atoms with Crippen LogP contribution in [-0.2, 0) is 16.4 Å². The minimum absolute atomic E-state index is 0.278. The fraction of sp³-hybridized carbons (Fsp3) is 0.227. The van der Waals surface area contributed by atoms with Gasteiger partial charge in [0, 0.05) is 11.7 Å². The van der Waals surface area contributed by atoms with Crippen molar-refractivity contribution in [1.82, 2.24) is 4.98 Å². The molecular weight excluding hydrogens is 370 g/mol. The number of fused-ring (bicyclic) bond motifs is 1. The first-order chi connectivity index (χ1) is 13.3. The Kier molecular flexibility index (Phi) is 4.59. The van der Waals surface area contributed by atoms with E-state index in [1.165, 1.54) is 11.3 Å². The molecule has 0 aliphatic carbocycles. The lowest BCUT2D eigenvalue weighted by molar-refractivity contribution is 0.600. The van der Waals surface area contributed by atoms with Crippen molar-refractivity contribution >= 4 is 27.2 Å². The van der Waals surface area contributed by atoms with E-state index in [2.05, 4.69) is 39.7 Å². The average Bonchev–Trinajstić information content (AvgIpc) is 3.00. The molecule has 2 aromatic carbocycles. The molecule has 1 atom stereocenters. The Morgan fingerprint density at radius 3 is 2.61 bits per heavy atom. The first kappa shape index (κ1) is 18.5. The van der Waals surface area contributed by atoms with Crippen molar-refractivity contribution in [3.63, 3.8) is 0 Å². The number of aryl methyl sites for hydroxylation is 2. The molecule has 1 unspecified atom stereocenters. The summed E-state index contributed by atoms with van der Waals surface area (Å²) in [7, 11) is -3.68. The summed E-state index contributed by atoms with van der Waals surface area (Å²) in [5.41, 5.74) is 5.05. The largest absolute Gasteiger partial charge is 0.337 e. The Hall–Kier alpha value is -2.86. The number of aromatic nitrogens is 1. The second-order valence-electron chi connectivity index (χ2n) is 7.33. The number of nitrogens with one attached hydrogen (secondary N) is 1.